The molecule has 0 spiro atoms. The van der Waals surface area contributed by atoms with E-state index in [1.54, 1.807) is 12.1 Å². The van der Waals surface area contributed by atoms with Gasteiger partial charge in [0.05, 0.1) is 0 Å². The molecule has 0 aliphatic rings. The predicted octanol–water partition coefficient (Wildman–Crippen LogP) is 3.53. The van der Waals surface area contributed by atoms with Crippen LogP contribution in [0.15, 0.2) is 24.4 Å². The van der Waals surface area contributed by atoms with Crippen LogP contribution in [0.25, 0.3) is 10.9 Å². The van der Waals surface area contributed by atoms with Gasteiger partial charge in [0, 0.05) is 23.6 Å². The molecule has 4 heteroatoms. The zero-order valence-electron chi connectivity index (χ0n) is 11.8. The van der Waals surface area contributed by atoms with E-state index in [0.717, 1.165) is 17.4 Å². The second kappa shape index (κ2) is 4.52. The topological polar surface area (TPSA) is 8.17 Å². The first-order valence-corrected chi connectivity index (χ1v) is 9.68. The van der Waals surface area contributed by atoms with Crippen molar-refractivity contribution in [2.24, 2.45) is 0 Å². The van der Waals surface area contributed by atoms with Crippen LogP contribution in [-0.2, 0) is 6.54 Å². The van der Waals surface area contributed by atoms with E-state index >= 15 is 0 Å². The fraction of sp³-hybridized carbons (Fsp3) is 0.429. The quantitative estimate of drug-likeness (QED) is 0.770. The van der Waals surface area contributed by atoms with Crippen molar-refractivity contribution in [1.82, 2.24) is 9.13 Å². The molecule has 2 nitrogen and oxygen atoms in total. The van der Waals surface area contributed by atoms with Crippen molar-refractivity contribution in [3.05, 3.63) is 35.8 Å². The van der Waals surface area contributed by atoms with Gasteiger partial charge in [-0.05, 0) is 37.9 Å². The summed E-state index contributed by atoms with van der Waals surface area (Å²) in [6.45, 7) is 7.75. The van der Waals surface area contributed by atoms with Crippen molar-refractivity contribution in [1.29, 1.82) is 0 Å². The molecule has 1 heterocycles. The lowest BCUT2D eigenvalue weighted by Crippen LogP contribution is -2.31. The molecule has 0 unspecified atom stereocenters. The van der Waals surface area contributed by atoms with Gasteiger partial charge in [0.2, 0.25) is 0 Å². The van der Waals surface area contributed by atoms with Gasteiger partial charge < -0.3 is 9.13 Å². The number of benzene rings is 1. The van der Waals surface area contributed by atoms with Crippen molar-refractivity contribution in [3.8, 4) is 0 Å². The van der Waals surface area contributed by atoms with Crippen LogP contribution in [0.5, 0.6) is 0 Å². The van der Waals surface area contributed by atoms with Gasteiger partial charge in [-0.15, -0.1) is 0 Å². The van der Waals surface area contributed by atoms with Gasteiger partial charge in [0.15, 0.2) is 8.24 Å². The number of halogens is 1. The Labute approximate surface area is 109 Å². The summed E-state index contributed by atoms with van der Waals surface area (Å²) in [6.07, 6.45) is 2.20. The highest BCUT2D eigenvalue weighted by atomic mass is 28.3. The standard InChI is InChI=1S/C14H21FN2Si/c1-16(2)9-11-10-17(18(3,4)5)14-7-6-12(15)8-13(11)14/h6-8,10H,9H2,1-5H3. The van der Waals surface area contributed by atoms with E-state index in [0.29, 0.717) is 0 Å². The lowest BCUT2D eigenvalue weighted by atomic mass is 10.1. The average molecular weight is 264 g/mol. The van der Waals surface area contributed by atoms with Gasteiger partial charge in [-0.3, -0.25) is 0 Å². The van der Waals surface area contributed by atoms with Crippen LogP contribution >= 0.6 is 0 Å². The first-order valence-electron chi connectivity index (χ1n) is 6.24. The van der Waals surface area contributed by atoms with Crippen molar-refractivity contribution < 1.29 is 4.39 Å². The average Bonchev–Trinajstić information content (AvgIpc) is 2.55. The van der Waals surface area contributed by atoms with Gasteiger partial charge in [-0.2, -0.15) is 0 Å². The monoisotopic (exact) mass is 264 g/mol. The van der Waals surface area contributed by atoms with Gasteiger partial charge in [-0.1, -0.05) is 19.6 Å². The van der Waals surface area contributed by atoms with Crippen molar-refractivity contribution in [3.63, 3.8) is 0 Å². The molecule has 0 N–H and O–H groups in total. The summed E-state index contributed by atoms with van der Waals surface area (Å²) in [5, 5.41) is 1.05. The van der Waals surface area contributed by atoms with Crippen LogP contribution < -0.4 is 0 Å². The van der Waals surface area contributed by atoms with Gasteiger partial charge in [-0.25, -0.2) is 4.39 Å². The zero-order valence-corrected chi connectivity index (χ0v) is 12.8. The predicted molar refractivity (Wildman–Crippen MR) is 78.0 cm³/mol. The first kappa shape index (κ1) is 13.3. The SMILES string of the molecule is CN(C)Cc1cn([Si](C)(C)C)c2ccc(F)cc12. The molecular weight excluding hydrogens is 243 g/mol. The molecule has 0 bridgehead atoms. The molecule has 98 valence electrons. The number of hydrogen-bond acceptors (Lipinski definition) is 1. The summed E-state index contributed by atoms with van der Waals surface area (Å²) in [5.74, 6) is -0.157. The highest BCUT2D eigenvalue weighted by Crippen LogP contribution is 2.26. The Hall–Kier alpha value is -1.13. The summed E-state index contributed by atoms with van der Waals surface area (Å²) in [5.41, 5.74) is 2.37. The minimum atomic E-state index is -1.47. The van der Waals surface area contributed by atoms with E-state index in [-0.39, 0.29) is 5.82 Å². The highest BCUT2D eigenvalue weighted by Gasteiger charge is 2.20. The molecule has 0 aliphatic carbocycles. The Kier molecular flexibility index (Phi) is 3.34. The fourth-order valence-corrected chi connectivity index (χ4v) is 3.75. The van der Waals surface area contributed by atoms with Crippen LogP contribution in [0.3, 0.4) is 0 Å². The third-order valence-electron chi connectivity index (χ3n) is 3.06. The summed E-state index contributed by atoms with van der Waals surface area (Å²) in [7, 11) is 2.61. The molecule has 1 aromatic carbocycles. The molecule has 0 fully saturated rings. The van der Waals surface area contributed by atoms with Gasteiger partial charge in [0.1, 0.15) is 5.82 Å². The minimum absolute atomic E-state index is 0.157. The van der Waals surface area contributed by atoms with Crippen LogP contribution in [0.4, 0.5) is 4.39 Å². The zero-order chi connectivity index (χ0) is 13.5. The van der Waals surface area contributed by atoms with Crippen LogP contribution in [0.1, 0.15) is 5.56 Å². The first-order chi connectivity index (χ1) is 8.29. The molecule has 2 aromatic rings. The largest absolute Gasteiger partial charge is 0.374 e. The molecule has 0 aliphatic heterocycles. The van der Waals surface area contributed by atoms with Gasteiger partial charge >= 0.3 is 0 Å². The van der Waals surface area contributed by atoms with E-state index in [1.165, 1.54) is 5.56 Å². The maximum Gasteiger partial charge on any atom is 0.152 e. The Morgan fingerprint density at radius 3 is 2.44 bits per heavy atom. The fourth-order valence-electron chi connectivity index (χ4n) is 2.29. The lowest BCUT2D eigenvalue weighted by molar-refractivity contribution is 0.404. The molecule has 0 atom stereocenters. The number of aromatic nitrogens is 1. The second-order valence-corrected chi connectivity index (χ2v) is 10.9. The smallest absolute Gasteiger partial charge is 0.152 e. The molecule has 0 saturated carbocycles. The lowest BCUT2D eigenvalue weighted by Gasteiger charge is -2.20. The van der Waals surface area contributed by atoms with Crippen molar-refractivity contribution in [2.75, 3.05) is 14.1 Å². The molecule has 0 amide bonds. The Balaban J connectivity index is 2.67. The summed E-state index contributed by atoms with van der Waals surface area (Å²) in [6, 6.07) is 5.12. The minimum Gasteiger partial charge on any atom is -0.374 e. The molecule has 0 saturated heterocycles. The van der Waals surface area contributed by atoms with Crippen molar-refractivity contribution in [2.45, 2.75) is 26.2 Å². The normalized spacial score (nSPS) is 12.6. The number of fused-ring (bicyclic) bond motifs is 1. The summed E-state index contributed by atoms with van der Waals surface area (Å²) < 4.78 is 15.8. The molecule has 1 aromatic heterocycles. The van der Waals surface area contributed by atoms with Crippen LogP contribution in [0, 0.1) is 5.82 Å². The molecule has 0 radical (unpaired) electrons. The second-order valence-electron chi connectivity index (χ2n) is 6.09. The van der Waals surface area contributed by atoms with E-state index < -0.39 is 8.24 Å². The van der Waals surface area contributed by atoms with Crippen LogP contribution in [0.2, 0.25) is 19.6 Å². The Bertz CT molecular complexity index is 567. The Morgan fingerprint density at radius 2 is 1.89 bits per heavy atom. The van der Waals surface area contributed by atoms with Crippen LogP contribution in [-0.4, -0.2) is 31.5 Å². The maximum absolute atomic E-state index is 13.4. The highest BCUT2D eigenvalue weighted by molar-refractivity contribution is 6.75. The molecule has 2 rings (SSSR count). The third-order valence-corrected chi connectivity index (χ3v) is 4.87. The third kappa shape index (κ3) is 2.49. The molecular formula is C14H21FN2Si. The van der Waals surface area contributed by atoms with E-state index in [1.807, 2.05) is 20.2 Å². The van der Waals surface area contributed by atoms with E-state index in [2.05, 4.69) is 35.0 Å². The molecule has 18 heavy (non-hydrogen) atoms. The number of nitrogens with zero attached hydrogens (tertiary/aromatic N) is 2. The maximum atomic E-state index is 13.4. The van der Waals surface area contributed by atoms with E-state index in [4.69, 9.17) is 0 Å². The summed E-state index contributed by atoms with van der Waals surface area (Å²) in [4.78, 5) is 2.12. The van der Waals surface area contributed by atoms with Gasteiger partial charge in [0.25, 0.3) is 0 Å². The Morgan fingerprint density at radius 1 is 1.22 bits per heavy atom. The van der Waals surface area contributed by atoms with Crippen molar-refractivity contribution >= 4 is 19.1 Å². The van der Waals surface area contributed by atoms with E-state index in [9.17, 15) is 4.39 Å². The number of hydrogen-bond donors (Lipinski definition) is 0. The summed E-state index contributed by atoms with van der Waals surface area (Å²) >= 11 is 0. The number of rotatable bonds is 3.